The van der Waals surface area contributed by atoms with Gasteiger partial charge < -0.3 is 4.74 Å². The van der Waals surface area contributed by atoms with Gasteiger partial charge in [-0.25, -0.2) is 0 Å². The van der Waals surface area contributed by atoms with E-state index in [0.29, 0.717) is 13.0 Å². The largest absolute Gasteiger partial charge is 0.461 e. The van der Waals surface area contributed by atoms with Gasteiger partial charge >= 0.3 is 5.97 Å². The van der Waals surface area contributed by atoms with E-state index in [1.165, 1.54) is 16.9 Å². The van der Waals surface area contributed by atoms with E-state index in [-0.39, 0.29) is 11.4 Å². The van der Waals surface area contributed by atoms with E-state index >= 15 is 0 Å². The first-order chi connectivity index (χ1) is 9.45. The highest BCUT2D eigenvalue weighted by atomic mass is 32.1. The highest BCUT2D eigenvalue weighted by molar-refractivity contribution is 7.09. The predicted octanol–water partition coefficient (Wildman–Crippen LogP) is 3.73. The Morgan fingerprint density at radius 3 is 2.50 bits per heavy atom. The van der Waals surface area contributed by atoms with Gasteiger partial charge in [-0.05, 0) is 16.5 Å². The number of carbonyl (C=O) groups excluding carboxylic acids is 1. The van der Waals surface area contributed by atoms with Crippen LogP contribution in [0.25, 0.3) is 0 Å². The topological polar surface area (TPSA) is 39.2 Å². The highest BCUT2D eigenvalue weighted by Gasteiger charge is 2.13. The Balaban J connectivity index is 1.86. The molecule has 0 saturated heterocycles. The summed E-state index contributed by atoms with van der Waals surface area (Å²) in [7, 11) is 0. The molecule has 2 rings (SSSR count). The van der Waals surface area contributed by atoms with Gasteiger partial charge in [0.25, 0.3) is 0 Å². The van der Waals surface area contributed by atoms with Gasteiger partial charge in [0.1, 0.15) is 6.61 Å². The summed E-state index contributed by atoms with van der Waals surface area (Å²) in [5, 5.41) is 0. The van der Waals surface area contributed by atoms with Crippen LogP contribution >= 0.6 is 11.3 Å². The van der Waals surface area contributed by atoms with E-state index in [1.807, 2.05) is 12.1 Å². The van der Waals surface area contributed by atoms with Crippen LogP contribution in [0.4, 0.5) is 0 Å². The number of esters is 1. The molecule has 1 aromatic carbocycles. The molecule has 2 aromatic rings. The van der Waals surface area contributed by atoms with Gasteiger partial charge in [0.2, 0.25) is 0 Å². The lowest BCUT2D eigenvalue weighted by atomic mass is 9.87. The average Bonchev–Trinajstić information content (AvgIpc) is 2.88. The molecule has 0 aliphatic carbocycles. The molecule has 0 aliphatic heterocycles. The van der Waals surface area contributed by atoms with E-state index in [0.717, 1.165) is 10.4 Å². The average molecular weight is 289 g/mol. The zero-order valence-corrected chi connectivity index (χ0v) is 12.9. The number of rotatable bonds is 4. The maximum absolute atomic E-state index is 11.7. The summed E-state index contributed by atoms with van der Waals surface area (Å²) < 4.78 is 5.27. The third-order valence-corrected chi connectivity index (χ3v) is 3.80. The van der Waals surface area contributed by atoms with Gasteiger partial charge in [-0.15, -0.1) is 11.3 Å². The Bertz CT molecular complexity index is 553. The van der Waals surface area contributed by atoms with Crippen LogP contribution < -0.4 is 0 Å². The number of nitrogens with zero attached hydrogens (tertiary/aromatic N) is 1. The minimum Gasteiger partial charge on any atom is -0.461 e. The molecule has 0 radical (unpaired) electrons. The molecule has 20 heavy (non-hydrogen) atoms. The van der Waals surface area contributed by atoms with Crippen molar-refractivity contribution in [3.63, 3.8) is 0 Å². The summed E-state index contributed by atoms with van der Waals surface area (Å²) in [4.78, 5) is 16.5. The quantitative estimate of drug-likeness (QED) is 0.805. The molecule has 4 heteroatoms. The number of thiazole rings is 1. The maximum atomic E-state index is 11.7. The SMILES string of the molecule is CC(C)(C)c1ccc(COC(=O)Cc2cncs2)cc1. The summed E-state index contributed by atoms with van der Waals surface area (Å²) in [5.74, 6) is -0.214. The number of hydrogen-bond acceptors (Lipinski definition) is 4. The molecule has 0 atom stereocenters. The molecular formula is C16H19NO2S. The van der Waals surface area contributed by atoms with Crippen molar-refractivity contribution in [2.75, 3.05) is 0 Å². The van der Waals surface area contributed by atoms with Gasteiger partial charge in [-0.1, -0.05) is 45.0 Å². The van der Waals surface area contributed by atoms with Crippen molar-refractivity contribution in [3.8, 4) is 0 Å². The second-order valence-corrected chi connectivity index (χ2v) is 6.72. The summed E-state index contributed by atoms with van der Waals surface area (Å²) in [5.41, 5.74) is 4.14. The Morgan fingerprint density at radius 2 is 1.95 bits per heavy atom. The van der Waals surface area contributed by atoms with E-state index < -0.39 is 0 Å². The molecule has 3 nitrogen and oxygen atoms in total. The summed E-state index contributed by atoms with van der Waals surface area (Å²) in [6, 6.07) is 8.21. The van der Waals surface area contributed by atoms with E-state index in [2.05, 4.69) is 37.9 Å². The lowest BCUT2D eigenvalue weighted by Gasteiger charge is -2.19. The van der Waals surface area contributed by atoms with Crippen LogP contribution in [0.3, 0.4) is 0 Å². The minimum absolute atomic E-state index is 0.140. The molecule has 0 N–H and O–H groups in total. The summed E-state index contributed by atoms with van der Waals surface area (Å²) >= 11 is 1.47. The molecule has 0 fully saturated rings. The summed E-state index contributed by atoms with van der Waals surface area (Å²) in [6.45, 7) is 6.85. The number of aromatic nitrogens is 1. The van der Waals surface area contributed by atoms with Crippen LogP contribution in [0, 0.1) is 0 Å². The molecule has 0 aliphatic rings. The lowest BCUT2D eigenvalue weighted by molar-refractivity contribution is -0.144. The normalized spacial score (nSPS) is 11.3. The Labute approximate surface area is 123 Å². The Kier molecular flexibility index (Phi) is 4.55. The minimum atomic E-state index is -0.214. The first kappa shape index (κ1) is 14.7. The first-order valence-corrected chi connectivity index (χ1v) is 7.45. The lowest BCUT2D eigenvalue weighted by Crippen LogP contribution is -2.11. The van der Waals surface area contributed by atoms with E-state index in [9.17, 15) is 4.79 Å². The molecule has 0 bridgehead atoms. The Hall–Kier alpha value is -1.68. The molecule has 0 spiro atoms. The molecule has 106 valence electrons. The summed E-state index contributed by atoms with van der Waals surface area (Å²) in [6.07, 6.45) is 1.99. The van der Waals surface area contributed by atoms with Crippen molar-refractivity contribution in [2.45, 2.75) is 39.2 Å². The monoisotopic (exact) mass is 289 g/mol. The van der Waals surface area contributed by atoms with Crippen molar-refractivity contribution in [3.05, 3.63) is 52.0 Å². The smallest absolute Gasteiger partial charge is 0.311 e. The number of ether oxygens (including phenoxy) is 1. The van der Waals surface area contributed by atoms with Gasteiger partial charge in [0.05, 0.1) is 11.9 Å². The molecule has 0 amide bonds. The number of carbonyl (C=O) groups is 1. The molecule has 1 aromatic heterocycles. The maximum Gasteiger partial charge on any atom is 0.311 e. The fourth-order valence-corrected chi connectivity index (χ4v) is 2.37. The third kappa shape index (κ3) is 4.17. The molecule has 0 unspecified atom stereocenters. The molecule has 1 heterocycles. The fraction of sp³-hybridized carbons (Fsp3) is 0.375. The fourth-order valence-electron chi connectivity index (χ4n) is 1.79. The standard InChI is InChI=1S/C16H19NO2S/c1-16(2,3)13-6-4-12(5-7-13)10-19-15(18)8-14-9-17-11-20-14/h4-7,9,11H,8,10H2,1-3H3. The van der Waals surface area contributed by atoms with Gasteiger partial charge in [0, 0.05) is 11.1 Å². The zero-order chi connectivity index (χ0) is 14.6. The predicted molar refractivity (Wildman–Crippen MR) is 80.8 cm³/mol. The van der Waals surface area contributed by atoms with Crippen LogP contribution in [0.1, 0.15) is 36.8 Å². The van der Waals surface area contributed by atoms with Crippen molar-refractivity contribution in [1.29, 1.82) is 0 Å². The number of hydrogen-bond donors (Lipinski definition) is 0. The Morgan fingerprint density at radius 1 is 1.25 bits per heavy atom. The van der Waals surface area contributed by atoms with Crippen LogP contribution in [0.2, 0.25) is 0 Å². The third-order valence-electron chi connectivity index (χ3n) is 3.02. The van der Waals surface area contributed by atoms with Crippen molar-refractivity contribution in [2.24, 2.45) is 0 Å². The van der Waals surface area contributed by atoms with Crippen LogP contribution in [0.5, 0.6) is 0 Å². The van der Waals surface area contributed by atoms with Crippen LogP contribution in [-0.2, 0) is 28.0 Å². The van der Waals surface area contributed by atoms with Gasteiger partial charge in [-0.3, -0.25) is 9.78 Å². The van der Waals surface area contributed by atoms with Crippen molar-refractivity contribution >= 4 is 17.3 Å². The van der Waals surface area contributed by atoms with Crippen molar-refractivity contribution in [1.82, 2.24) is 4.98 Å². The second-order valence-electron chi connectivity index (χ2n) is 5.75. The molecular weight excluding hydrogens is 270 g/mol. The number of benzene rings is 1. The van der Waals surface area contributed by atoms with E-state index in [1.54, 1.807) is 11.7 Å². The van der Waals surface area contributed by atoms with Gasteiger partial charge in [0.15, 0.2) is 0 Å². The first-order valence-electron chi connectivity index (χ1n) is 6.57. The van der Waals surface area contributed by atoms with E-state index in [4.69, 9.17) is 4.74 Å². The van der Waals surface area contributed by atoms with Crippen LogP contribution in [-0.4, -0.2) is 11.0 Å². The molecule has 0 saturated carbocycles. The van der Waals surface area contributed by atoms with Crippen molar-refractivity contribution < 1.29 is 9.53 Å². The van der Waals surface area contributed by atoms with Gasteiger partial charge in [-0.2, -0.15) is 0 Å². The highest BCUT2D eigenvalue weighted by Crippen LogP contribution is 2.22. The van der Waals surface area contributed by atoms with Crippen LogP contribution in [0.15, 0.2) is 36.0 Å². The second kappa shape index (κ2) is 6.18. The zero-order valence-electron chi connectivity index (χ0n) is 12.1.